The van der Waals surface area contributed by atoms with E-state index in [1.807, 2.05) is 27.7 Å². The lowest BCUT2D eigenvalue weighted by molar-refractivity contribution is -0.119. The van der Waals surface area contributed by atoms with Crippen LogP contribution in [0.4, 0.5) is 4.79 Å². The van der Waals surface area contributed by atoms with Gasteiger partial charge in [0, 0.05) is 18.5 Å². The summed E-state index contributed by atoms with van der Waals surface area (Å²) in [5.41, 5.74) is -0.528. The topological polar surface area (TPSA) is 46.6 Å². The van der Waals surface area contributed by atoms with Gasteiger partial charge in [-0.1, -0.05) is 0 Å². The molecule has 1 fully saturated rings. The second kappa shape index (κ2) is 5.43. The third-order valence-electron chi connectivity index (χ3n) is 3.02. The summed E-state index contributed by atoms with van der Waals surface area (Å²) in [4.78, 5) is 25.1. The summed E-state index contributed by atoms with van der Waals surface area (Å²) >= 11 is 0. The van der Waals surface area contributed by atoms with Gasteiger partial charge in [0.15, 0.2) is 0 Å². The highest BCUT2D eigenvalue weighted by molar-refractivity contribution is 5.97. The van der Waals surface area contributed by atoms with E-state index in [1.165, 1.54) is 0 Å². The summed E-state index contributed by atoms with van der Waals surface area (Å²) < 4.78 is 5.33. The van der Waals surface area contributed by atoms with Gasteiger partial charge in [0.05, 0.1) is 0 Å². The molecule has 0 aromatic rings. The summed E-state index contributed by atoms with van der Waals surface area (Å²) in [5, 5.41) is 0. The number of amides is 1. The molecule has 2 atom stereocenters. The molecule has 0 spiro atoms. The first-order chi connectivity index (χ1) is 8.24. The van der Waals surface area contributed by atoms with E-state index in [0.29, 0.717) is 6.54 Å². The monoisotopic (exact) mass is 251 g/mol. The maximum Gasteiger partial charge on any atom is 0.410 e. The first kappa shape index (κ1) is 14.6. The molecule has 4 heteroatoms. The lowest BCUT2D eigenvalue weighted by Gasteiger charge is -2.37. The van der Waals surface area contributed by atoms with Gasteiger partial charge in [-0.25, -0.2) is 4.79 Å². The normalized spacial score (nSPS) is 24.3. The van der Waals surface area contributed by atoms with Crippen LogP contribution < -0.4 is 0 Å². The van der Waals surface area contributed by atoms with E-state index in [2.05, 4.69) is 5.92 Å². The van der Waals surface area contributed by atoms with Crippen LogP contribution in [0, 0.1) is 18.3 Å². The minimum absolute atomic E-state index is 0.0849. The van der Waals surface area contributed by atoms with E-state index in [4.69, 9.17) is 11.2 Å². The highest BCUT2D eigenvalue weighted by Gasteiger charge is 2.34. The summed E-state index contributed by atoms with van der Waals surface area (Å²) in [6, 6.07) is 0.0849. The van der Waals surface area contributed by atoms with Crippen molar-refractivity contribution in [2.24, 2.45) is 5.92 Å². The number of hydrogen-bond acceptors (Lipinski definition) is 3. The number of likely N-dealkylation sites (tertiary alicyclic amines) is 1. The van der Waals surface area contributed by atoms with Gasteiger partial charge in [0.1, 0.15) is 5.60 Å². The molecule has 0 saturated carbocycles. The number of nitrogens with zero attached hydrogens (tertiary/aromatic N) is 1. The number of terminal acetylenes is 1. The molecule has 0 aromatic heterocycles. The fraction of sp³-hybridized carbons (Fsp3) is 0.714. The Labute approximate surface area is 109 Å². The molecule has 0 N–H and O–H groups in total. The van der Waals surface area contributed by atoms with Crippen molar-refractivity contribution < 1.29 is 14.3 Å². The maximum absolute atomic E-state index is 12.0. The first-order valence-corrected chi connectivity index (χ1v) is 6.24. The molecule has 1 saturated heterocycles. The lowest BCUT2D eigenvalue weighted by atomic mass is 9.91. The van der Waals surface area contributed by atoms with Gasteiger partial charge in [-0.15, -0.1) is 6.42 Å². The fourth-order valence-corrected chi connectivity index (χ4v) is 2.01. The molecule has 100 valence electrons. The molecule has 0 radical (unpaired) electrons. The molecule has 0 aromatic carbocycles. The largest absolute Gasteiger partial charge is 0.444 e. The van der Waals surface area contributed by atoms with E-state index < -0.39 is 5.60 Å². The molecule has 1 rings (SSSR count). The molecule has 1 amide bonds. The van der Waals surface area contributed by atoms with Gasteiger partial charge in [-0.3, -0.25) is 4.79 Å². The van der Waals surface area contributed by atoms with Gasteiger partial charge in [-0.2, -0.15) is 0 Å². The number of carbonyl (C=O) groups excluding carboxylic acids is 2. The van der Waals surface area contributed by atoms with Gasteiger partial charge < -0.3 is 9.64 Å². The van der Waals surface area contributed by atoms with E-state index in [1.54, 1.807) is 4.90 Å². The minimum Gasteiger partial charge on any atom is -0.444 e. The van der Waals surface area contributed by atoms with Crippen LogP contribution in [-0.2, 0) is 9.53 Å². The van der Waals surface area contributed by atoms with Gasteiger partial charge >= 0.3 is 6.09 Å². The molecule has 18 heavy (non-hydrogen) atoms. The molecular formula is C14H21NO3. The van der Waals surface area contributed by atoms with Gasteiger partial charge in [0.25, 0.3) is 0 Å². The van der Waals surface area contributed by atoms with Crippen LogP contribution in [-0.4, -0.2) is 35.0 Å². The van der Waals surface area contributed by atoms with Crippen LogP contribution in [0.1, 0.15) is 40.5 Å². The highest BCUT2D eigenvalue weighted by Crippen LogP contribution is 2.24. The summed E-state index contributed by atoms with van der Waals surface area (Å²) in [6.45, 7) is 7.79. The predicted molar refractivity (Wildman–Crippen MR) is 69.0 cm³/mol. The van der Waals surface area contributed by atoms with Crippen molar-refractivity contribution >= 4 is 11.9 Å². The summed E-state index contributed by atoms with van der Waals surface area (Å²) in [6.07, 6.45) is 6.27. The van der Waals surface area contributed by atoms with Crippen LogP contribution in [0.3, 0.4) is 0 Å². The summed E-state index contributed by atoms with van der Waals surface area (Å²) in [7, 11) is 0. The number of carbonyl (C=O) groups is 2. The van der Waals surface area contributed by atoms with E-state index in [0.717, 1.165) is 12.8 Å². The van der Waals surface area contributed by atoms with Crippen molar-refractivity contribution in [3.05, 3.63) is 0 Å². The number of ether oxygens (including phenoxy) is 1. The zero-order valence-electron chi connectivity index (χ0n) is 11.5. The van der Waals surface area contributed by atoms with Crippen LogP contribution in [0.15, 0.2) is 0 Å². The van der Waals surface area contributed by atoms with Crippen LogP contribution in [0.2, 0.25) is 0 Å². The standard InChI is InChI=1S/C14H21NO3/c1-6-12(16)11-8-7-10(2)15(9-11)13(17)18-14(3,4)5/h1,10-11H,7-9H2,2-5H3. The Balaban J connectivity index is 2.71. The molecule has 1 aliphatic rings. The average Bonchev–Trinajstić information content (AvgIpc) is 2.26. The second-order valence-corrected chi connectivity index (χ2v) is 5.76. The maximum atomic E-state index is 12.0. The van der Waals surface area contributed by atoms with Gasteiger partial charge in [0.2, 0.25) is 5.78 Å². The molecule has 1 heterocycles. The fourth-order valence-electron chi connectivity index (χ4n) is 2.01. The van der Waals surface area contributed by atoms with Gasteiger partial charge in [-0.05, 0) is 46.5 Å². The highest BCUT2D eigenvalue weighted by atomic mass is 16.6. The second-order valence-electron chi connectivity index (χ2n) is 5.76. The summed E-state index contributed by atoms with van der Waals surface area (Å²) in [5.74, 6) is 1.66. The third-order valence-corrected chi connectivity index (χ3v) is 3.02. The zero-order chi connectivity index (χ0) is 13.9. The molecule has 1 aliphatic heterocycles. The smallest absolute Gasteiger partial charge is 0.410 e. The Morgan fingerprint density at radius 3 is 2.44 bits per heavy atom. The van der Waals surface area contributed by atoms with E-state index in [9.17, 15) is 9.59 Å². The number of hydrogen-bond donors (Lipinski definition) is 0. The Hall–Kier alpha value is -1.50. The molecule has 0 bridgehead atoms. The predicted octanol–water partition coefficient (Wildman–Crippen LogP) is 2.22. The Morgan fingerprint density at radius 1 is 1.33 bits per heavy atom. The Bertz CT molecular complexity index is 375. The number of piperidine rings is 1. The number of ketones is 1. The lowest BCUT2D eigenvalue weighted by Crippen LogP contribution is -2.48. The number of rotatable bonds is 1. The van der Waals surface area contributed by atoms with Crippen molar-refractivity contribution in [2.45, 2.75) is 52.2 Å². The molecule has 4 nitrogen and oxygen atoms in total. The van der Waals surface area contributed by atoms with E-state index in [-0.39, 0.29) is 23.8 Å². The SMILES string of the molecule is C#CC(=O)C1CCC(C)N(C(=O)OC(C)(C)C)C1. The zero-order valence-corrected chi connectivity index (χ0v) is 11.5. The van der Waals surface area contributed by atoms with Crippen LogP contribution in [0.5, 0.6) is 0 Å². The first-order valence-electron chi connectivity index (χ1n) is 6.24. The van der Waals surface area contributed by atoms with E-state index >= 15 is 0 Å². The molecular weight excluding hydrogens is 230 g/mol. The van der Waals surface area contributed by atoms with Crippen molar-refractivity contribution in [1.82, 2.24) is 4.90 Å². The van der Waals surface area contributed by atoms with Crippen molar-refractivity contribution in [2.75, 3.05) is 6.54 Å². The quantitative estimate of drug-likeness (QED) is 0.530. The average molecular weight is 251 g/mol. The van der Waals surface area contributed by atoms with Crippen LogP contribution in [0.25, 0.3) is 0 Å². The minimum atomic E-state index is -0.528. The third kappa shape index (κ3) is 3.76. The van der Waals surface area contributed by atoms with Crippen molar-refractivity contribution in [3.63, 3.8) is 0 Å². The van der Waals surface area contributed by atoms with Crippen molar-refractivity contribution in [1.29, 1.82) is 0 Å². The molecule has 0 aliphatic carbocycles. The van der Waals surface area contributed by atoms with Crippen LogP contribution >= 0.6 is 0 Å². The Morgan fingerprint density at radius 2 is 1.94 bits per heavy atom. The van der Waals surface area contributed by atoms with Crippen molar-refractivity contribution in [3.8, 4) is 12.3 Å². The Kier molecular flexibility index (Phi) is 4.39. The number of Topliss-reactive ketones (excluding diaryl/α,β-unsaturated/α-hetero) is 1. The molecule has 2 unspecified atom stereocenters.